The number of hydrogen-bond donors (Lipinski definition) is 0. The minimum atomic E-state index is 0.917. The number of aryl methyl sites for hydroxylation is 1. The molecule has 0 amide bonds. The molecule has 0 bridgehead atoms. The Morgan fingerprint density at radius 1 is 0.407 bits per heavy atom. The maximum atomic E-state index is 6.64. The van der Waals surface area contributed by atoms with Crippen LogP contribution in [-0.4, -0.2) is 0 Å². The first-order chi connectivity index (χ1) is 26.7. The maximum Gasteiger partial charge on any atom is 0.159 e. The van der Waals surface area contributed by atoms with Crippen LogP contribution in [0.4, 0.5) is 17.1 Å². The van der Waals surface area contributed by atoms with Crippen molar-refractivity contribution in [2.24, 2.45) is 0 Å². The number of anilines is 3. The molecule has 10 rings (SSSR count). The zero-order chi connectivity index (χ0) is 35.8. The van der Waals surface area contributed by atoms with Gasteiger partial charge in [-0.05, 0) is 123 Å². The van der Waals surface area contributed by atoms with Crippen LogP contribution in [0.15, 0.2) is 199 Å². The van der Waals surface area contributed by atoms with Crippen LogP contribution in [-0.2, 0) is 6.42 Å². The molecule has 1 aromatic heterocycles. The summed E-state index contributed by atoms with van der Waals surface area (Å²) in [6.45, 7) is 0. The van der Waals surface area contributed by atoms with E-state index >= 15 is 0 Å². The van der Waals surface area contributed by atoms with Gasteiger partial charge in [-0.3, -0.25) is 0 Å². The van der Waals surface area contributed by atoms with Crippen LogP contribution in [0.2, 0.25) is 0 Å². The maximum absolute atomic E-state index is 6.64. The van der Waals surface area contributed by atoms with E-state index in [0.29, 0.717) is 0 Å². The van der Waals surface area contributed by atoms with Gasteiger partial charge in [0.05, 0.1) is 5.69 Å². The molecule has 0 radical (unpaired) electrons. The zero-order valence-electron chi connectivity index (χ0n) is 29.8. The van der Waals surface area contributed by atoms with Gasteiger partial charge in [-0.15, -0.1) is 0 Å². The van der Waals surface area contributed by atoms with Gasteiger partial charge in [0.25, 0.3) is 0 Å². The lowest BCUT2D eigenvalue weighted by Crippen LogP contribution is -2.10. The molecule has 54 heavy (non-hydrogen) atoms. The molecular formula is C52H37NO. The largest absolute Gasteiger partial charge is 0.454 e. The first-order valence-corrected chi connectivity index (χ1v) is 18.7. The predicted octanol–water partition coefficient (Wildman–Crippen LogP) is 14.7. The van der Waals surface area contributed by atoms with Gasteiger partial charge in [-0.2, -0.15) is 0 Å². The average molecular weight is 692 g/mol. The van der Waals surface area contributed by atoms with Crippen LogP contribution in [0.25, 0.3) is 72.3 Å². The third-order valence-electron chi connectivity index (χ3n) is 10.7. The third-order valence-corrected chi connectivity index (χ3v) is 10.7. The summed E-state index contributed by atoms with van der Waals surface area (Å²) in [6.07, 6.45) is 6.37. The second-order valence-corrected chi connectivity index (χ2v) is 14.1. The molecule has 0 fully saturated rings. The Hall–Kier alpha value is -6.90. The zero-order valence-corrected chi connectivity index (χ0v) is 29.8. The summed E-state index contributed by atoms with van der Waals surface area (Å²) in [7, 11) is 0. The molecule has 2 heteroatoms. The molecular weight excluding hydrogens is 655 g/mol. The van der Waals surface area contributed by atoms with Gasteiger partial charge >= 0.3 is 0 Å². The number of fused-ring (bicyclic) bond motifs is 4. The van der Waals surface area contributed by atoms with Gasteiger partial charge in [0.1, 0.15) is 5.76 Å². The summed E-state index contributed by atoms with van der Waals surface area (Å²) in [5.41, 5.74) is 15.0. The topological polar surface area (TPSA) is 16.4 Å². The van der Waals surface area contributed by atoms with E-state index in [4.69, 9.17) is 4.42 Å². The van der Waals surface area contributed by atoms with Gasteiger partial charge in [0, 0.05) is 22.3 Å². The van der Waals surface area contributed by atoms with Gasteiger partial charge in [0.2, 0.25) is 0 Å². The van der Waals surface area contributed by atoms with Crippen LogP contribution in [0.3, 0.4) is 0 Å². The van der Waals surface area contributed by atoms with Crippen LogP contribution >= 0.6 is 0 Å². The highest BCUT2D eigenvalue weighted by atomic mass is 16.3. The molecule has 256 valence electrons. The third kappa shape index (κ3) is 5.88. The Labute approximate surface area is 315 Å². The molecule has 9 aromatic rings. The molecule has 1 aliphatic carbocycles. The molecule has 0 atom stereocenters. The van der Waals surface area contributed by atoms with Crippen LogP contribution in [0.5, 0.6) is 0 Å². The van der Waals surface area contributed by atoms with Gasteiger partial charge < -0.3 is 9.32 Å². The molecule has 8 aromatic carbocycles. The highest BCUT2D eigenvalue weighted by Gasteiger charge is 2.22. The minimum Gasteiger partial charge on any atom is -0.454 e. The lowest BCUT2D eigenvalue weighted by Gasteiger charge is -2.26. The molecule has 0 unspecified atom stereocenters. The Balaban J connectivity index is 1.03. The van der Waals surface area contributed by atoms with E-state index in [0.717, 1.165) is 41.2 Å². The number of rotatable bonds is 7. The first-order valence-electron chi connectivity index (χ1n) is 18.7. The van der Waals surface area contributed by atoms with Crippen molar-refractivity contribution in [3.05, 3.63) is 205 Å². The summed E-state index contributed by atoms with van der Waals surface area (Å²) in [6, 6.07) is 67.9. The van der Waals surface area contributed by atoms with E-state index in [1.54, 1.807) is 0 Å². The molecule has 0 saturated carbocycles. The highest BCUT2D eigenvalue weighted by Crippen LogP contribution is 2.43. The predicted molar refractivity (Wildman–Crippen MR) is 228 cm³/mol. The van der Waals surface area contributed by atoms with Crippen molar-refractivity contribution in [1.82, 2.24) is 0 Å². The van der Waals surface area contributed by atoms with Crippen LogP contribution in [0.1, 0.15) is 17.7 Å². The van der Waals surface area contributed by atoms with Gasteiger partial charge in [0.15, 0.2) is 5.58 Å². The minimum absolute atomic E-state index is 0.917. The average Bonchev–Trinajstić information content (AvgIpc) is 3.64. The summed E-state index contributed by atoms with van der Waals surface area (Å²) in [4.78, 5) is 2.33. The molecule has 1 aliphatic rings. The lowest BCUT2D eigenvalue weighted by atomic mass is 9.97. The molecule has 0 N–H and O–H groups in total. The van der Waals surface area contributed by atoms with Crippen molar-refractivity contribution in [2.45, 2.75) is 12.8 Å². The summed E-state index contributed by atoms with van der Waals surface area (Å²) in [5.74, 6) is 0.971. The summed E-state index contributed by atoms with van der Waals surface area (Å²) >= 11 is 0. The second kappa shape index (κ2) is 13.6. The number of hydrogen-bond acceptors (Lipinski definition) is 2. The number of para-hydroxylation sites is 1. The molecule has 0 spiro atoms. The SMILES string of the molecule is C1=Cc2oc3c(N(c4ccc(-c5cccc(-c6ccccc6)c5)cc4)c4ccc(-c5cccc(-c6ccc7ccccc7c6)c5)cc4)cccc3c2CC1. The standard InChI is InChI=1S/C52H37NO/c1-2-11-36(12-3-1)41-15-8-16-42(33-41)38-25-29-46(30-26-38)53(50-21-10-20-49-48-19-6-7-22-51(48)54-52(49)50)47-31-27-39(28-32-47)43-17-9-18-44(34-43)45-24-23-37-13-4-5-14-40(37)35-45/h1-5,7-18,20-35H,6,19H2. The smallest absolute Gasteiger partial charge is 0.159 e. The quantitative estimate of drug-likeness (QED) is 0.165. The Kier molecular flexibility index (Phi) is 8.00. The van der Waals surface area contributed by atoms with Crippen molar-refractivity contribution in [1.29, 1.82) is 0 Å². The Morgan fingerprint density at radius 2 is 0.926 bits per heavy atom. The first kappa shape index (κ1) is 31.8. The van der Waals surface area contributed by atoms with E-state index in [9.17, 15) is 0 Å². The molecule has 1 heterocycles. The van der Waals surface area contributed by atoms with Crippen molar-refractivity contribution >= 4 is 44.9 Å². The van der Waals surface area contributed by atoms with E-state index in [1.165, 1.54) is 66.2 Å². The Morgan fingerprint density at radius 3 is 1.59 bits per heavy atom. The fraction of sp³-hybridized carbons (Fsp3) is 0.0385. The van der Waals surface area contributed by atoms with Crippen molar-refractivity contribution in [3.63, 3.8) is 0 Å². The fourth-order valence-electron chi connectivity index (χ4n) is 7.95. The Bertz CT molecular complexity index is 2810. The molecule has 2 nitrogen and oxygen atoms in total. The normalized spacial score (nSPS) is 12.2. The van der Waals surface area contributed by atoms with Gasteiger partial charge in [-0.25, -0.2) is 0 Å². The highest BCUT2D eigenvalue weighted by molar-refractivity contribution is 5.99. The van der Waals surface area contributed by atoms with Crippen molar-refractivity contribution in [3.8, 4) is 44.5 Å². The van der Waals surface area contributed by atoms with E-state index in [1.807, 2.05) is 0 Å². The number of benzene rings is 8. The van der Waals surface area contributed by atoms with Crippen LogP contribution < -0.4 is 4.90 Å². The lowest BCUT2D eigenvalue weighted by molar-refractivity contribution is 0.596. The monoisotopic (exact) mass is 691 g/mol. The van der Waals surface area contributed by atoms with Crippen LogP contribution in [0, 0.1) is 0 Å². The number of nitrogens with zero attached hydrogens (tertiary/aromatic N) is 1. The van der Waals surface area contributed by atoms with E-state index < -0.39 is 0 Å². The van der Waals surface area contributed by atoms with Crippen molar-refractivity contribution in [2.75, 3.05) is 4.90 Å². The molecule has 0 aliphatic heterocycles. The number of allylic oxidation sites excluding steroid dienone is 1. The summed E-state index contributed by atoms with van der Waals surface area (Å²) < 4.78 is 6.64. The fourth-order valence-corrected chi connectivity index (χ4v) is 7.95. The van der Waals surface area contributed by atoms with Gasteiger partial charge in [-0.1, -0.05) is 146 Å². The van der Waals surface area contributed by atoms with E-state index in [2.05, 4.69) is 205 Å². The number of furan rings is 1. The van der Waals surface area contributed by atoms with E-state index in [-0.39, 0.29) is 0 Å². The second-order valence-electron chi connectivity index (χ2n) is 14.1. The summed E-state index contributed by atoms with van der Waals surface area (Å²) in [5, 5.41) is 3.70. The van der Waals surface area contributed by atoms with Crippen molar-refractivity contribution < 1.29 is 4.42 Å². The molecule has 0 saturated heterocycles.